The summed E-state index contributed by atoms with van der Waals surface area (Å²) in [6.07, 6.45) is 5.27. The van der Waals surface area contributed by atoms with Gasteiger partial charge in [-0.1, -0.05) is 29.3 Å². The second-order valence-electron chi connectivity index (χ2n) is 10.8. The molecule has 7 heteroatoms. The van der Waals surface area contributed by atoms with Gasteiger partial charge in [-0.25, -0.2) is 0 Å². The fraction of sp³-hybridized carbons (Fsp3) is 0.643. The first-order chi connectivity index (χ1) is 17.0. The van der Waals surface area contributed by atoms with Gasteiger partial charge in [-0.3, -0.25) is 4.90 Å². The van der Waals surface area contributed by atoms with E-state index >= 15 is 0 Å². The molecule has 4 nitrogen and oxygen atoms in total. The molecule has 2 aromatic rings. The van der Waals surface area contributed by atoms with Crippen LogP contribution in [0.2, 0.25) is 10.0 Å². The van der Waals surface area contributed by atoms with E-state index in [0.717, 1.165) is 82.3 Å². The molecule has 3 atom stereocenters. The van der Waals surface area contributed by atoms with Gasteiger partial charge in [-0.2, -0.15) is 11.3 Å². The highest BCUT2D eigenvalue weighted by Gasteiger charge is 2.36. The monoisotopic (exact) mass is 536 g/mol. The number of likely N-dealkylation sites (tertiary alicyclic amines) is 2. The van der Waals surface area contributed by atoms with Crippen LogP contribution in [0.3, 0.4) is 0 Å². The van der Waals surface area contributed by atoms with Gasteiger partial charge in [0.2, 0.25) is 0 Å². The Bertz CT molecular complexity index is 929. The largest absolute Gasteiger partial charge is 0.393 e. The molecule has 1 aromatic carbocycles. The van der Waals surface area contributed by atoms with Gasteiger partial charge in [0.25, 0.3) is 0 Å². The molecule has 1 unspecified atom stereocenters. The summed E-state index contributed by atoms with van der Waals surface area (Å²) in [6.45, 7) is 8.14. The van der Waals surface area contributed by atoms with Gasteiger partial charge in [0.1, 0.15) is 0 Å². The zero-order valence-electron chi connectivity index (χ0n) is 20.5. The van der Waals surface area contributed by atoms with E-state index in [-0.39, 0.29) is 6.10 Å². The lowest BCUT2D eigenvalue weighted by molar-refractivity contribution is -0.00599. The van der Waals surface area contributed by atoms with Crippen LogP contribution in [-0.2, 0) is 11.3 Å². The number of benzene rings is 1. The quantitative estimate of drug-likeness (QED) is 0.438. The Labute approximate surface area is 224 Å². The number of piperidine rings is 1. The molecule has 0 bridgehead atoms. The molecular weight excluding hydrogens is 499 g/mol. The Hall–Kier alpha value is -0.660. The van der Waals surface area contributed by atoms with E-state index in [1.807, 2.05) is 12.1 Å². The zero-order chi connectivity index (χ0) is 24.2. The van der Waals surface area contributed by atoms with E-state index in [1.54, 1.807) is 11.3 Å². The van der Waals surface area contributed by atoms with E-state index in [4.69, 9.17) is 27.9 Å². The van der Waals surface area contributed by atoms with E-state index in [0.29, 0.717) is 28.7 Å². The fourth-order valence-electron chi connectivity index (χ4n) is 6.40. The van der Waals surface area contributed by atoms with Crippen LogP contribution in [0.5, 0.6) is 0 Å². The van der Waals surface area contributed by atoms with Crippen molar-refractivity contribution >= 4 is 34.5 Å². The first-order valence-corrected chi connectivity index (χ1v) is 14.9. The predicted molar refractivity (Wildman–Crippen MR) is 146 cm³/mol. The van der Waals surface area contributed by atoms with Crippen LogP contribution in [0.25, 0.3) is 0 Å². The molecule has 4 heterocycles. The van der Waals surface area contributed by atoms with E-state index < -0.39 is 0 Å². The SMILES string of the molecule is OC(CC1CCN(C[C@H]2CN(Cc3ccc(Cl)cc3Cl)C[C@@H]2c2ccsc2)CC1)C1CCOCC1. The third kappa shape index (κ3) is 6.81. The summed E-state index contributed by atoms with van der Waals surface area (Å²) in [5, 5.41) is 16.8. The highest BCUT2D eigenvalue weighted by molar-refractivity contribution is 7.08. The van der Waals surface area contributed by atoms with Crippen molar-refractivity contribution in [3.8, 4) is 0 Å². The number of aliphatic hydroxyl groups excluding tert-OH is 1. The van der Waals surface area contributed by atoms with Crippen molar-refractivity contribution in [3.63, 3.8) is 0 Å². The fourth-order valence-corrected chi connectivity index (χ4v) is 7.59. The molecule has 0 saturated carbocycles. The third-order valence-corrected chi connectivity index (χ3v) is 9.77. The van der Waals surface area contributed by atoms with Crippen molar-refractivity contribution < 1.29 is 9.84 Å². The number of thiophene rings is 1. The first kappa shape index (κ1) is 26.0. The van der Waals surface area contributed by atoms with Crippen molar-refractivity contribution in [2.24, 2.45) is 17.8 Å². The number of aliphatic hydroxyl groups is 1. The highest BCUT2D eigenvalue weighted by Crippen LogP contribution is 2.37. The number of rotatable bonds is 8. The van der Waals surface area contributed by atoms with E-state index in [1.165, 1.54) is 18.4 Å². The van der Waals surface area contributed by atoms with Crippen LogP contribution in [0, 0.1) is 17.8 Å². The van der Waals surface area contributed by atoms with Crippen LogP contribution >= 0.6 is 34.5 Å². The van der Waals surface area contributed by atoms with Crippen molar-refractivity contribution in [3.05, 3.63) is 56.2 Å². The molecule has 0 spiro atoms. The maximum absolute atomic E-state index is 10.8. The molecule has 35 heavy (non-hydrogen) atoms. The Kier molecular flexibility index (Phi) is 9.09. The first-order valence-electron chi connectivity index (χ1n) is 13.2. The van der Waals surface area contributed by atoms with Crippen LogP contribution in [0.4, 0.5) is 0 Å². The van der Waals surface area contributed by atoms with Crippen LogP contribution in [0.15, 0.2) is 35.0 Å². The van der Waals surface area contributed by atoms with Gasteiger partial charge >= 0.3 is 0 Å². The zero-order valence-corrected chi connectivity index (χ0v) is 22.8. The number of ether oxygens (including phenoxy) is 1. The molecular formula is C28H38Cl2N2O2S. The maximum Gasteiger partial charge on any atom is 0.0572 e. The topological polar surface area (TPSA) is 35.9 Å². The van der Waals surface area contributed by atoms with Gasteiger partial charge < -0.3 is 14.7 Å². The number of hydrogen-bond acceptors (Lipinski definition) is 5. The van der Waals surface area contributed by atoms with Gasteiger partial charge in [-0.15, -0.1) is 0 Å². The van der Waals surface area contributed by atoms with E-state index in [9.17, 15) is 5.11 Å². The Morgan fingerprint density at radius 2 is 1.83 bits per heavy atom. The summed E-state index contributed by atoms with van der Waals surface area (Å²) >= 11 is 14.4. The number of halogens is 2. The summed E-state index contributed by atoms with van der Waals surface area (Å²) in [4.78, 5) is 5.25. The molecule has 3 aliphatic heterocycles. The van der Waals surface area contributed by atoms with Crippen LogP contribution in [0.1, 0.15) is 49.1 Å². The maximum atomic E-state index is 10.8. The average Bonchev–Trinajstić information content (AvgIpc) is 3.53. The lowest BCUT2D eigenvalue weighted by Crippen LogP contribution is -2.40. The van der Waals surface area contributed by atoms with Crippen molar-refractivity contribution in [1.29, 1.82) is 0 Å². The summed E-state index contributed by atoms with van der Waals surface area (Å²) < 4.78 is 5.47. The molecule has 0 amide bonds. The molecule has 1 N–H and O–H groups in total. The second-order valence-corrected chi connectivity index (χ2v) is 12.5. The minimum atomic E-state index is -0.151. The molecule has 3 fully saturated rings. The summed E-state index contributed by atoms with van der Waals surface area (Å²) in [5.41, 5.74) is 2.64. The Balaban J connectivity index is 1.15. The van der Waals surface area contributed by atoms with Gasteiger partial charge in [0.05, 0.1) is 6.10 Å². The molecule has 0 aliphatic carbocycles. The van der Waals surface area contributed by atoms with Crippen LogP contribution < -0.4 is 0 Å². The standard InChI is InChI=1S/C28H38Cl2N2O2S/c29-25-2-1-22(27(30)14-25)15-32-17-24(26(18-32)23-7-12-35-19-23)16-31-8-3-20(4-9-31)13-28(33)21-5-10-34-11-6-21/h1-2,7,12,14,19-21,24,26,28,33H,3-6,8-11,13,15-18H2/t24-,26+,28?/m0/s1. The normalized spacial score (nSPS) is 26.4. The summed E-state index contributed by atoms with van der Waals surface area (Å²) in [6, 6.07) is 8.17. The molecule has 0 radical (unpaired) electrons. The molecule has 3 aliphatic rings. The van der Waals surface area contributed by atoms with Gasteiger partial charge in [0, 0.05) is 55.4 Å². The number of nitrogens with zero attached hydrogens (tertiary/aromatic N) is 2. The third-order valence-electron chi connectivity index (χ3n) is 8.48. The van der Waals surface area contributed by atoms with Crippen LogP contribution in [-0.4, -0.2) is 66.9 Å². The summed E-state index contributed by atoms with van der Waals surface area (Å²) in [7, 11) is 0. The molecule has 192 valence electrons. The molecule has 3 saturated heterocycles. The van der Waals surface area contributed by atoms with Crippen molar-refractivity contribution in [1.82, 2.24) is 9.80 Å². The number of hydrogen-bond donors (Lipinski definition) is 1. The summed E-state index contributed by atoms with van der Waals surface area (Å²) in [5.74, 6) is 2.29. The lowest BCUT2D eigenvalue weighted by atomic mass is 9.83. The predicted octanol–water partition coefficient (Wildman–Crippen LogP) is 6.16. The van der Waals surface area contributed by atoms with E-state index in [2.05, 4.69) is 32.7 Å². The van der Waals surface area contributed by atoms with Gasteiger partial charge in [0.15, 0.2) is 0 Å². The van der Waals surface area contributed by atoms with Crippen molar-refractivity contribution in [2.75, 3.05) is 45.9 Å². The Morgan fingerprint density at radius 3 is 2.54 bits per heavy atom. The van der Waals surface area contributed by atoms with Crippen molar-refractivity contribution in [2.45, 2.75) is 50.7 Å². The minimum absolute atomic E-state index is 0.151. The average molecular weight is 538 g/mol. The molecule has 1 aromatic heterocycles. The smallest absolute Gasteiger partial charge is 0.0572 e. The minimum Gasteiger partial charge on any atom is -0.393 e. The molecule has 5 rings (SSSR count). The van der Waals surface area contributed by atoms with Gasteiger partial charge in [-0.05, 0) is 103 Å². The Morgan fingerprint density at radius 1 is 1.03 bits per heavy atom. The second kappa shape index (κ2) is 12.3. The highest BCUT2D eigenvalue weighted by atomic mass is 35.5. The lowest BCUT2D eigenvalue weighted by Gasteiger charge is -2.36.